The molecule has 0 aromatic carbocycles. The Labute approximate surface area is 113 Å². The maximum atomic E-state index is 11.0. The number of carbonyl (C=O) groups is 2. The number of hydrogen-bond acceptors (Lipinski definition) is 6. The van der Waals surface area contributed by atoms with Crippen LogP contribution in [0.5, 0.6) is 0 Å². The highest BCUT2D eigenvalue weighted by Crippen LogP contribution is 2.31. The SMILES string of the molecule is NC(=O)N(N)c1nc2c(s1)C[C@H](N(N)C(N)=O)CC2. The maximum absolute atomic E-state index is 11.0. The summed E-state index contributed by atoms with van der Waals surface area (Å²) in [5, 5.41) is 2.16. The van der Waals surface area contributed by atoms with Gasteiger partial charge in [-0.25, -0.2) is 31.3 Å². The molecule has 1 atom stereocenters. The van der Waals surface area contributed by atoms with E-state index in [9.17, 15) is 9.59 Å². The molecule has 104 valence electrons. The molecule has 19 heavy (non-hydrogen) atoms. The second kappa shape index (κ2) is 4.99. The van der Waals surface area contributed by atoms with E-state index in [1.54, 1.807) is 0 Å². The van der Waals surface area contributed by atoms with Crippen LogP contribution in [0.2, 0.25) is 0 Å². The van der Waals surface area contributed by atoms with Gasteiger partial charge in [0, 0.05) is 11.3 Å². The first-order valence-corrected chi connectivity index (χ1v) is 6.38. The van der Waals surface area contributed by atoms with Gasteiger partial charge in [0.1, 0.15) is 0 Å². The number of primary amides is 2. The van der Waals surface area contributed by atoms with Gasteiger partial charge in [0.05, 0.1) is 11.7 Å². The molecule has 1 aromatic rings. The van der Waals surface area contributed by atoms with Crippen molar-refractivity contribution in [3.63, 3.8) is 0 Å². The molecule has 0 aliphatic heterocycles. The molecule has 2 rings (SSSR count). The first kappa shape index (κ1) is 13.5. The van der Waals surface area contributed by atoms with Gasteiger partial charge in [-0.2, -0.15) is 0 Å². The largest absolute Gasteiger partial charge is 0.350 e. The van der Waals surface area contributed by atoms with E-state index >= 15 is 0 Å². The molecular formula is C9H15N7O2S. The average Bonchev–Trinajstić information content (AvgIpc) is 2.78. The first-order chi connectivity index (χ1) is 8.90. The fraction of sp³-hybridized carbons (Fsp3) is 0.444. The van der Waals surface area contributed by atoms with Crippen LogP contribution in [0.1, 0.15) is 17.0 Å². The molecule has 0 radical (unpaired) electrons. The van der Waals surface area contributed by atoms with E-state index in [1.165, 1.54) is 11.3 Å². The van der Waals surface area contributed by atoms with Crippen molar-refractivity contribution in [2.24, 2.45) is 23.2 Å². The Morgan fingerprint density at radius 2 is 1.95 bits per heavy atom. The number of rotatable bonds is 2. The van der Waals surface area contributed by atoms with Gasteiger partial charge in [0.2, 0.25) is 5.13 Å². The zero-order chi connectivity index (χ0) is 14.2. The topological polar surface area (TPSA) is 158 Å². The predicted molar refractivity (Wildman–Crippen MR) is 69.8 cm³/mol. The van der Waals surface area contributed by atoms with Crippen LogP contribution in [-0.2, 0) is 12.8 Å². The lowest BCUT2D eigenvalue weighted by Gasteiger charge is -2.28. The second-order valence-corrected chi connectivity index (χ2v) is 5.28. The van der Waals surface area contributed by atoms with Crippen LogP contribution in [0.3, 0.4) is 0 Å². The van der Waals surface area contributed by atoms with E-state index < -0.39 is 12.1 Å². The fourth-order valence-corrected chi connectivity index (χ4v) is 3.06. The first-order valence-electron chi connectivity index (χ1n) is 5.56. The van der Waals surface area contributed by atoms with Gasteiger partial charge in [0.25, 0.3) is 0 Å². The van der Waals surface area contributed by atoms with E-state index in [-0.39, 0.29) is 6.04 Å². The van der Waals surface area contributed by atoms with E-state index in [2.05, 4.69) is 4.98 Å². The van der Waals surface area contributed by atoms with Crippen molar-refractivity contribution in [2.45, 2.75) is 25.3 Å². The van der Waals surface area contributed by atoms with Crippen LogP contribution in [0.15, 0.2) is 0 Å². The molecule has 10 heteroatoms. The number of hydrogen-bond donors (Lipinski definition) is 4. The van der Waals surface area contributed by atoms with E-state index in [0.717, 1.165) is 20.6 Å². The number of anilines is 1. The smallest absolute Gasteiger partial charge is 0.335 e. The molecule has 4 amide bonds. The molecule has 0 saturated carbocycles. The van der Waals surface area contributed by atoms with Crippen LogP contribution in [0.25, 0.3) is 0 Å². The monoisotopic (exact) mass is 285 g/mol. The molecular weight excluding hydrogens is 270 g/mol. The van der Waals surface area contributed by atoms with Crippen molar-refractivity contribution in [2.75, 3.05) is 5.01 Å². The zero-order valence-electron chi connectivity index (χ0n) is 10.1. The Morgan fingerprint density at radius 3 is 2.53 bits per heavy atom. The molecule has 1 aliphatic rings. The minimum Gasteiger partial charge on any atom is -0.350 e. The number of amides is 4. The summed E-state index contributed by atoms with van der Waals surface area (Å²) in [6, 6.07) is -1.62. The summed E-state index contributed by atoms with van der Waals surface area (Å²) in [4.78, 5) is 27.2. The van der Waals surface area contributed by atoms with Crippen molar-refractivity contribution < 1.29 is 9.59 Å². The minimum absolute atomic E-state index is 0.168. The lowest BCUT2D eigenvalue weighted by molar-refractivity contribution is 0.178. The number of aromatic nitrogens is 1. The minimum atomic E-state index is -0.778. The van der Waals surface area contributed by atoms with E-state index in [4.69, 9.17) is 23.2 Å². The molecule has 0 unspecified atom stereocenters. The van der Waals surface area contributed by atoms with Gasteiger partial charge in [-0.3, -0.25) is 5.01 Å². The lowest BCUT2D eigenvalue weighted by Crippen LogP contribution is -2.50. The molecule has 1 aromatic heterocycles. The molecule has 9 nitrogen and oxygen atoms in total. The Kier molecular flexibility index (Phi) is 3.55. The van der Waals surface area contributed by atoms with Gasteiger partial charge in [0.15, 0.2) is 0 Å². The van der Waals surface area contributed by atoms with Crippen molar-refractivity contribution in [3.05, 3.63) is 10.6 Å². The van der Waals surface area contributed by atoms with Gasteiger partial charge in [-0.1, -0.05) is 11.3 Å². The number of urea groups is 2. The highest BCUT2D eigenvalue weighted by Gasteiger charge is 2.28. The number of nitrogens with zero attached hydrogens (tertiary/aromatic N) is 3. The summed E-state index contributed by atoms with van der Waals surface area (Å²) in [7, 11) is 0. The third-order valence-corrected chi connectivity index (χ3v) is 4.11. The van der Waals surface area contributed by atoms with Crippen molar-refractivity contribution >= 4 is 28.5 Å². The molecule has 1 aliphatic carbocycles. The Balaban J connectivity index is 2.17. The number of thiazole rings is 1. The maximum Gasteiger partial charge on any atom is 0.335 e. The second-order valence-electron chi connectivity index (χ2n) is 4.22. The van der Waals surface area contributed by atoms with Crippen molar-refractivity contribution in [3.8, 4) is 0 Å². The third-order valence-electron chi connectivity index (χ3n) is 2.99. The summed E-state index contributed by atoms with van der Waals surface area (Å²) >= 11 is 1.26. The summed E-state index contributed by atoms with van der Waals surface area (Å²) in [5.41, 5.74) is 11.1. The summed E-state index contributed by atoms with van der Waals surface area (Å²) < 4.78 is 0. The average molecular weight is 285 g/mol. The summed E-state index contributed by atoms with van der Waals surface area (Å²) in [6.45, 7) is 0. The van der Waals surface area contributed by atoms with Crippen LogP contribution in [-0.4, -0.2) is 28.1 Å². The van der Waals surface area contributed by atoms with Crippen LogP contribution < -0.4 is 28.2 Å². The molecule has 0 fully saturated rings. The zero-order valence-corrected chi connectivity index (χ0v) is 10.9. The number of hydrazine groups is 2. The van der Waals surface area contributed by atoms with Gasteiger partial charge < -0.3 is 11.5 Å². The Morgan fingerprint density at radius 1 is 1.26 bits per heavy atom. The quantitative estimate of drug-likeness (QED) is 0.311. The standard InChI is InChI=1S/C9H15N7O2S/c10-7(17)15(12)4-1-2-5-6(3-4)19-9(14-5)16(13)8(11)18/h4H,1-3,12-13H2,(H2,10,17)(H2,11,18)/t4-/m1/s1. The molecule has 0 saturated heterocycles. The fourth-order valence-electron chi connectivity index (χ4n) is 1.96. The van der Waals surface area contributed by atoms with Crippen LogP contribution in [0, 0.1) is 0 Å². The predicted octanol–water partition coefficient (Wildman–Crippen LogP) is -0.986. The normalized spacial score (nSPS) is 17.7. The Hall–Kier alpha value is -1.91. The van der Waals surface area contributed by atoms with E-state index in [0.29, 0.717) is 24.4 Å². The molecule has 0 bridgehead atoms. The highest BCUT2D eigenvalue weighted by atomic mass is 32.1. The van der Waals surface area contributed by atoms with Gasteiger partial charge in [-0.05, 0) is 12.8 Å². The lowest BCUT2D eigenvalue weighted by atomic mass is 9.97. The molecule has 1 heterocycles. The van der Waals surface area contributed by atoms with Crippen molar-refractivity contribution in [1.82, 2.24) is 9.99 Å². The number of carbonyl (C=O) groups excluding carboxylic acids is 2. The summed E-state index contributed by atoms with van der Waals surface area (Å²) in [5.74, 6) is 11.1. The van der Waals surface area contributed by atoms with Crippen LogP contribution >= 0.6 is 11.3 Å². The molecule has 8 N–H and O–H groups in total. The third kappa shape index (κ3) is 2.59. The number of nitrogens with two attached hydrogens (primary N) is 4. The van der Waals surface area contributed by atoms with Gasteiger partial charge in [-0.15, -0.1) is 0 Å². The van der Waals surface area contributed by atoms with Crippen molar-refractivity contribution in [1.29, 1.82) is 0 Å². The number of fused-ring (bicyclic) bond motifs is 1. The van der Waals surface area contributed by atoms with Crippen LogP contribution in [0.4, 0.5) is 14.7 Å². The number of aryl methyl sites for hydroxylation is 1. The summed E-state index contributed by atoms with van der Waals surface area (Å²) in [6.07, 6.45) is 1.85. The van der Waals surface area contributed by atoms with Gasteiger partial charge >= 0.3 is 12.1 Å². The Bertz CT molecular complexity index is 517. The highest BCUT2D eigenvalue weighted by molar-refractivity contribution is 7.15. The molecule has 0 spiro atoms. The van der Waals surface area contributed by atoms with E-state index in [1.807, 2.05) is 0 Å².